The Morgan fingerprint density at radius 2 is 1.96 bits per heavy atom. The Bertz CT molecular complexity index is 760. The Balaban J connectivity index is 2.29. The van der Waals surface area contributed by atoms with Crippen molar-refractivity contribution in [3.8, 4) is 0 Å². The molecule has 26 heavy (non-hydrogen) atoms. The Morgan fingerprint density at radius 3 is 2.50 bits per heavy atom. The number of H-pyrrole nitrogens is 1. The van der Waals surface area contributed by atoms with Crippen LogP contribution in [-0.2, 0) is 28.6 Å². The summed E-state index contributed by atoms with van der Waals surface area (Å²) < 4.78 is 16.1. The molecule has 0 radical (unpaired) electrons. The first-order valence-electron chi connectivity index (χ1n) is 8.02. The van der Waals surface area contributed by atoms with E-state index in [1.807, 2.05) is 0 Å². The van der Waals surface area contributed by atoms with E-state index in [4.69, 9.17) is 14.2 Å². The van der Waals surface area contributed by atoms with Crippen molar-refractivity contribution < 1.29 is 28.6 Å². The van der Waals surface area contributed by atoms with Gasteiger partial charge in [0.2, 0.25) is 11.9 Å². The first-order chi connectivity index (χ1) is 12.2. The number of ether oxygens (including phenoxy) is 3. The van der Waals surface area contributed by atoms with Crippen molar-refractivity contribution >= 4 is 23.8 Å². The van der Waals surface area contributed by atoms with Gasteiger partial charge in [0, 0.05) is 32.9 Å². The number of esters is 2. The van der Waals surface area contributed by atoms with E-state index < -0.39 is 35.8 Å². The van der Waals surface area contributed by atoms with Crippen molar-refractivity contribution in [3.63, 3.8) is 0 Å². The summed E-state index contributed by atoms with van der Waals surface area (Å²) in [5.74, 6) is -1.70. The molecule has 2 N–H and O–H groups in total. The number of aromatic amines is 1. The number of rotatable bonds is 5. The molecule has 0 aromatic carbocycles. The molecule has 1 aromatic heterocycles. The van der Waals surface area contributed by atoms with Gasteiger partial charge >= 0.3 is 11.9 Å². The molecule has 1 saturated heterocycles. The standard InChI is InChI=1S/C16H21N3O7/c1-7-12(6-24-9(3)21)26-14(13(7)25-10(4)22)11-5-17-16(18-8(2)20)19-15(11)23/h5,7,12-14H,6H2,1-4H3,(H2,17,18,19,20,23). The maximum absolute atomic E-state index is 12.4. The number of anilines is 1. The first-order valence-corrected chi connectivity index (χ1v) is 8.02. The fourth-order valence-electron chi connectivity index (χ4n) is 2.72. The van der Waals surface area contributed by atoms with Gasteiger partial charge in [0.25, 0.3) is 5.56 Å². The van der Waals surface area contributed by atoms with Crippen molar-refractivity contribution in [1.29, 1.82) is 0 Å². The molecule has 0 aliphatic carbocycles. The van der Waals surface area contributed by atoms with E-state index in [-0.39, 0.29) is 29.9 Å². The van der Waals surface area contributed by atoms with Crippen LogP contribution in [0.25, 0.3) is 0 Å². The van der Waals surface area contributed by atoms with Gasteiger partial charge in [-0.3, -0.25) is 29.5 Å². The fraction of sp³-hybridized carbons (Fsp3) is 0.562. The molecule has 1 aliphatic rings. The van der Waals surface area contributed by atoms with Crippen LogP contribution < -0.4 is 10.9 Å². The molecule has 142 valence electrons. The summed E-state index contributed by atoms with van der Waals surface area (Å²) in [5.41, 5.74) is -0.395. The maximum atomic E-state index is 12.4. The fourth-order valence-corrected chi connectivity index (χ4v) is 2.72. The third-order valence-corrected chi connectivity index (χ3v) is 3.91. The lowest BCUT2D eigenvalue weighted by Crippen LogP contribution is -2.31. The van der Waals surface area contributed by atoms with Crippen LogP contribution in [-0.4, -0.2) is 46.6 Å². The molecule has 0 spiro atoms. The number of nitrogens with zero attached hydrogens (tertiary/aromatic N) is 1. The monoisotopic (exact) mass is 367 g/mol. The molecular formula is C16H21N3O7. The highest BCUT2D eigenvalue weighted by molar-refractivity contribution is 5.86. The number of hydrogen-bond donors (Lipinski definition) is 2. The highest BCUT2D eigenvalue weighted by Crippen LogP contribution is 2.38. The lowest BCUT2D eigenvalue weighted by molar-refractivity contribution is -0.150. The van der Waals surface area contributed by atoms with E-state index in [9.17, 15) is 19.2 Å². The molecule has 10 nitrogen and oxygen atoms in total. The molecule has 2 rings (SSSR count). The van der Waals surface area contributed by atoms with Crippen molar-refractivity contribution in [2.75, 3.05) is 11.9 Å². The molecule has 4 unspecified atom stereocenters. The smallest absolute Gasteiger partial charge is 0.303 e. The van der Waals surface area contributed by atoms with Crippen molar-refractivity contribution in [2.45, 2.75) is 46.0 Å². The van der Waals surface area contributed by atoms with Crippen LogP contribution in [0.2, 0.25) is 0 Å². The van der Waals surface area contributed by atoms with E-state index in [2.05, 4.69) is 15.3 Å². The number of hydrogen-bond acceptors (Lipinski definition) is 8. The summed E-state index contributed by atoms with van der Waals surface area (Å²) in [6.45, 7) is 5.56. The van der Waals surface area contributed by atoms with Crippen molar-refractivity contribution in [2.24, 2.45) is 5.92 Å². The van der Waals surface area contributed by atoms with E-state index >= 15 is 0 Å². The predicted octanol–water partition coefficient (Wildman–Crippen LogP) is 0.299. The van der Waals surface area contributed by atoms with Crippen LogP contribution in [0, 0.1) is 5.92 Å². The second kappa shape index (κ2) is 8.09. The quantitative estimate of drug-likeness (QED) is 0.709. The van der Waals surface area contributed by atoms with Crippen LogP contribution in [0.3, 0.4) is 0 Å². The molecule has 0 saturated carbocycles. The highest BCUT2D eigenvalue weighted by atomic mass is 16.6. The molecule has 1 amide bonds. The zero-order chi connectivity index (χ0) is 19.4. The van der Waals surface area contributed by atoms with Gasteiger partial charge in [0.05, 0.1) is 11.7 Å². The van der Waals surface area contributed by atoms with E-state index in [0.29, 0.717) is 0 Å². The highest BCUT2D eigenvalue weighted by Gasteiger charge is 2.46. The summed E-state index contributed by atoms with van der Waals surface area (Å²) >= 11 is 0. The molecule has 1 aliphatic heterocycles. The summed E-state index contributed by atoms with van der Waals surface area (Å²) in [7, 11) is 0. The van der Waals surface area contributed by atoms with Gasteiger partial charge in [-0.1, -0.05) is 6.92 Å². The Kier molecular flexibility index (Phi) is 6.09. The second-order valence-electron chi connectivity index (χ2n) is 6.03. The molecule has 10 heteroatoms. The summed E-state index contributed by atoms with van der Waals surface area (Å²) in [6, 6.07) is 0. The lowest BCUT2D eigenvalue weighted by atomic mass is 9.96. The van der Waals surface area contributed by atoms with Crippen LogP contribution in [0.5, 0.6) is 0 Å². The molecule has 2 heterocycles. The number of nitrogens with one attached hydrogen (secondary N) is 2. The number of amides is 1. The summed E-state index contributed by atoms with van der Waals surface area (Å²) in [5, 5.41) is 2.37. The zero-order valence-corrected chi connectivity index (χ0v) is 14.9. The average Bonchev–Trinajstić information content (AvgIpc) is 2.81. The average molecular weight is 367 g/mol. The van der Waals surface area contributed by atoms with E-state index in [0.717, 1.165) is 0 Å². The molecule has 1 fully saturated rings. The van der Waals surface area contributed by atoms with Gasteiger partial charge in [-0.2, -0.15) is 0 Å². The normalized spacial score (nSPS) is 24.8. The van der Waals surface area contributed by atoms with Crippen LogP contribution in [0.1, 0.15) is 39.4 Å². The Morgan fingerprint density at radius 1 is 1.27 bits per heavy atom. The second-order valence-corrected chi connectivity index (χ2v) is 6.03. The minimum absolute atomic E-state index is 0.00204. The first kappa shape index (κ1) is 19.6. The third kappa shape index (κ3) is 4.66. The number of aromatic nitrogens is 2. The zero-order valence-electron chi connectivity index (χ0n) is 14.9. The molecular weight excluding hydrogens is 346 g/mol. The Hall–Kier alpha value is -2.75. The molecule has 4 atom stereocenters. The van der Waals surface area contributed by atoms with Crippen LogP contribution in [0.4, 0.5) is 5.95 Å². The summed E-state index contributed by atoms with van der Waals surface area (Å²) in [6.07, 6.45) is -0.922. The van der Waals surface area contributed by atoms with Crippen LogP contribution >= 0.6 is 0 Å². The predicted molar refractivity (Wildman–Crippen MR) is 88.1 cm³/mol. The van der Waals surface area contributed by atoms with Crippen molar-refractivity contribution in [1.82, 2.24) is 9.97 Å². The largest absolute Gasteiger partial charge is 0.463 e. The SMILES string of the molecule is CC(=O)Nc1ncc(C2OC(COC(C)=O)C(C)C2OC(C)=O)c(=O)[nH]1. The van der Waals surface area contributed by atoms with E-state index in [1.165, 1.54) is 27.0 Å². The number of carbonyl (C=O) groups excluding carboxylic acids is 3. The van der Waals surface area contributed by atoms with Gasteiger partial charge < -0.3 is 14.2 Å². The Labute approximate surface area is 149 Å². The van der Waals surface area contributed by atoms with Gasteiger partial charge in [-0.15, -0.1) is 0 Å². The van der Waals surface area contributed by atoms with Crippen LogP contribution in [0.15, 0.2) is 11.0 Å². The minimum atomic E-state index is -0.878. The topological polar surface area (TPSA) is 137 Å². The molecule has 0 bridgehead atoms. The van der Waals surface area contributed by atoms with Gasteiger partial charge in [-0.25, -0.2) is 4.98 Å². The van der Waals surface area contributed by atoms with Gasteiger partial charge in [0.15, 0.2) is 0 Å². The van der Waals surface area contributed by atoms with Gasteiger partial charge in [0.1, 0.15) is 18.8 Å². The number of carbonyl (C=O) groups is 3. The molecule has 1 aromatic rings. The summed E-state index contributed by atoms with van der Waals surface area (Å²) in [4.78, 5) is 52.3. The minimum Gasteiger partial charge on any atom is -0.463 e. The maximum Gasteiger partial charge on any atom is 0.303 e. The third-order valence-electron chi connectivity index (χ3n) is 3.91. The lowest BCUT2D eigenvalue weighted by Gasteiger charge is -2.20. The van der Waals surface area contributed by atoms with Crippen molar-refractivity contribution in [3.05, 3.63) is 22.1 Å². The van der Waals surface area contributed by atoms with Gasteiger partial charge in [-0.05, 0) is 0 Å². The van der Waals surface area contributed by atoms with E-state index in [1.54, 1.807) is 6.92 Å².